The highest BCUT2D eigenvalue weighted by Crippen LogP contribution is 2.44. The Morgan fingerprint density at radius 1 is 1.00 bits per heavy atom. The van der Waals surface area contributed by atoms with Gasteiger partial charge in [-0.2, -0.15) is 13.2 Å². The molecule has 0 radical (unpaired) electrons. The first-order chi connectivity index (χ1) is 7.00. The Labute approximate surface area is 86.3 Å². The summed E-state index contributed by atoms with van der Waals surface area (Å²) in [6.07, 6.45) is -0.768. The van der Waals surface area contributed by atoms with Crippen molar-refractivity contribution in [3.8, 4) is 0 Å². The van der Waals surface area contributed by atoms with Crippen LogP contribution in [-0.2, 0) is 4.79 Å². The Morgan fingerprint density at radius 3 is 2.33 bits per heavy atom. The summed E-state index contributed by atoms with van der Waals surface area (Å²) in [6.45, 7) is 0. The van der Waals surface area contributed by atoms with Crippen LogP contribution < -0.4 is 0 Å². The normalized spacial score (nSPS) is 27.9. The molecule has 1 nitrogen and oxygen atoms in total. The van der Waals surface area contributed by atoms with E-state index in [2.05, 4.69) is 0 Å². The number of hydrogen-bond acceptors (Lipinski definition) is 1. The third kappa shape index (κ3) is 1.94. The van der Waals surface area contributed by atoms with Gasteiger partial charge in [0.1, 0.15) is 11.7 Å². The number of halogens is 3. The van der Waals surface area contributed by atoms with Crippen molar-refractivity contribution in [1.29, 1.82) is 0 Å². The van der Waals surface area contributed by atoms with Crippen LogP contribution in [0.5, 0.6) is 0 Å². The van der Waals surface area contributed by atoms with Gasteiger partial charge >= 0.3 is 6.18 Å². The van der Waals surface area contributed by atoms with Gasteiger partial charge in [-0.3, -0.25) is 4.79 Å². The summed E-state index contributed by atoms with van der Waals surface area (Å²) in [7, 11) is 0. The van der Waals surface area contributed by atoms with E-state index in [0.29, 0.717) is 18.4 Å². The molecule has 0 spiro atoms. The van der Waals surface area contributed by atoms with Crippen LogP contribution in [0.2, 0.25) is 0 Å². The molecule has 84 valence electrons. The fourth-order valence-corrected chi connectivity index (χ4v) is 2.62. The number of carbonyl (C=O) groups is 1. The van der Waals surface area contributed by atoms with Crippen LogP contribution in [0, 0.1) is 5.92 Å². The number of hydrogen-bond donors (Lipinski definition) is 0. The van der Waals surface area contributed by atoms with Crippen LogP contribution >= 0.6 is 0 Å². The number of alkyl halides is 3. The summed E-state index contributed by atoms with van der Waals surface area (Å²) in [4.78, 5) is 11.3. The maximum Gasteiger partial charge on any atom is 0.402 e. The van der Waals surface area contributed by atoms with Crippen molar-refractivity contribution in [2.24, 2.45) is 5.92 Å². The van der Waals surface area contributed by atoms with E-state index in [0.717, 1.165) is 24.8 Å². The van der Waals surface area contributed by atoms with Gasteiger partial charge in [-0.1, -0.05) is 11.1 Å². The second-order valence-electron chi connectivity index (χ2n) is 4.28. The standard InChI is InChI=1S/C11H13F3O/c12-11(13,14)10-8-4-2-1-3-7(8)5-6-9(10)15/h10H,1-6H2. The molecule has 2 rings (SSSR count). The van der Waals surface area contributed by atoms with E-state index >= 15 is 0 Å². The molecular formula is C11H13F3O. The third-order valence-corrected chi connectivity index (χ3v) is 3.30. The van der Waals surface area contributed by atoms with Crippen molar-refractivity contribution < 1.29 is 18.0 Å². The van der Waals surface area contributed by atoms with E-state index in [9.17, 15) is 18.0 Å². The van der Waals surface area contributed by atoms with Crippen LogP contribution in [0.1, 0.15) is 38.5 Å². The lowest BCUT2D eigenvalue weighted by Crippen LogP contribution is -2.36. The largest absolute Gasteiger partial charge is 0.402 e. The number of Topliss-reactive ketones (excluding diaryl/α,β-unsaturated/α-hetero) is 1. The zero-order chi connectivity index (χ0) is 11.1. The smallest absolute Gasteiger partial charge is 0.299 e. The van der Waals surface area contributed by atoms with Crippen molar-refractivity contribution in [2.75, 3.05) is 0 Å². The van der Waals surface area contributed by atoms with E-state index in [-0.39, 0.29) is 6.42 Å². The van der Waals surface area contributed by atoms with Crippen LogP contribution in [0.25, 0.3) is 0 Å². The lowest BCUT2D eigenvalue weighted by atomic mass is 9.75. The Kier molecular flexibility index (Phi) is 2.61. The zero-order valence-corrected chi connectivity index (χ0v) is 8.36. The van der Waals surface area contributed by atoms with Gasteiger partial charge in [-0.05, 0) is 32.1 Å². The molecule has 0 N–H and O–H groups in total. The van der Waals surface area contributed by atoms with Gasteiger partial charge in [0.2, 0.25) is 0 Å². The van der Waals surface area contributed by atoms with Crippen molar-refractivity contribution in [3.63, 3.8) is 0 Å². The van der Waals surface area contributed by atoms with E-state index < -0.39 is 17.9 Å². The van der Waals surface area contributed by atoms with Crippen molar-refractivity contribution >= 4 is 5.78 Å². The van der Waals surface area contributed by atoms with Crippen molar-refractivity contribution in [1.82, 2.24) is 0 Å². The molecule has 0 fully saturated rings. The first kappa shape index (κ1) is 10.7. The molecule has 0 saturated heterocycles. The summed E-state index contributed by atoms with van der Waals surface area (Å²) in [5.41, 5.74) is 1.30. The molecule has 0 aromatic rings. The predicted octanol–water partition coefficient (Wildman–Crippen LogP) is 3.40. The summed E-state index contributed by atoms with van der Waals surface area (Å²) in [6, 6.07) is 0. The van der Waals surface area contributed by atoms with Gasteiger partial charge < -0.3 is 0 Å². The molecule has 0 bridgehead atoms. The quantitative estimate of drug-likeness (QED) is 0.569. The predicted molar refractivity (Wildman–Crippen MR) is 49.3 cm³/mol. The summed E-state index contributed by atoms with van der Waals surface area (Å²) >= 11 is 0. The number of ketones is 1. The Morgan fingerprint density at radius 2 is 1.67 bits per heavy atom. The van der Waals surface area contributed by atoms with Gasteiger partial charge in [0.25, 0.3) is 0 Å². The lowest BCUT2D eigenvalue weighted by Gasteiger charge is -2.32. The van der Waals surface area contributed by atoms with Gasteiger partial charge in [0.05, 0.1) is 0 Å². The minimum absolute atomic E-state index is 0.0724. The van der Waals surface area contributed by atoms with Gasteiger partial charge in [0, 0.05) is 6.42 Å². The summed E-state index contributed by atoms with van der Waals surface area (Å²) in [5.74, 6) is -2.41. The molecule has 2 aliphatic carbocycles. The first-order valence-electron chi connectivity index (χ1n) is 5.30. The molecule has 0 heterocycles. The van der Waals surface area contributed by atoms with Crippen molar-refractivity contribution in [2.45, 2.75) is 44.7 Å². The molecule has 0 aromatic carbocycles. The minimum atomic E-state index is -4.38. The Bertz CT molecular complexity index is 314. The molecule has 2 aliphatic rings. The molecule has 1 atom stereocenters. The highest BCUT2D eigenvalue weighted by atomic mass is 19.4. The SMILES string of the molecule is O=C1CCC2=C(CCCC2)C1C(F)(F)F. The maximum atomic E-state index is 12.7. The topological polar surface area (TPSA) is 17.1 Å². The van der Waals surface area contributed by atoms with Crippen LogP contribution in [0.15, 0.2) is 11.1 Å². The van der Waals surface area contributed by atoms with Crippen LogP contribution in [0.3, 0.4) is 0 Å². The highest BCUT2D eigenvalue weighted by molar-refractivity contribution is 5.86. The van der Waals surface area contributed by atoms with E-state index in [4.69, 9.17) is 0 Å². The Balaban J connectivity index is 2.36. The molecule has 0 saturated carbocycles. The average Bonchev–Trinajstić information content (AvgIpc) is 2.15. The van der Waals surface area contributed by atoms with Crippen LogP contribution in [-0.4, -0.2) is 12.0 Å². The number of rotatable bonds is 0. The second kappa shape index (κ2) is 3.65. The highest BCUT2D eigenvalue weighted by Gasteiger charge is 2.48. The van der Waals surface area contributed by atoms with E-state index in [1.165, 1.54) is 0 Å². The number of allylic oxidation sites excluding steroid dienone is 2. The third-order valence-electron chi connectivity index (χ3n) is 3.30. The molecule has 0 aromatic heterocycles. The number of carbonyl (C=O) groups excluding carboxylic acids is 1. The minimum Gasteiger partial charge on any atom is -0.299 e. The zero-order valence-electron chi connectivity index (χ0n) is 8.36. The van der Waals surface area contributed by atoms with Gasteiger partial charge in [-0.25, -0.2) is 0 Å². The fourth-order valence-electron chi connectivity index (χ4n) is 2.62. The van der Waals surface area contributed by atoms with Crippen LogP contribution in [0.4, 0.5) is 13.2 Å². The first-order valence-corrected chi connectivity index (χ1v) is 5.30. The molecule has 4 heteroatoms. The molecule has 1 unspecified atom stereocenters. The molecular weight excluding hydrogens is 205 g/mol. The molecule has 0 amide bonds. The molecule has 15 heavy (non-hydrogen) atoms. The van der Waals surface area contributed by atoms with Gasteiger partial charge in [0.15, 0.2) is 0 Å². The maximum absolute atomic E-state index is 12.7. The average molecular weight is 218 g/mol. The fraction of sp³-hybridized carbons (Fsp3) is 0.727. The van der Waals surface area contributed by atoms with Crippen molar-refractivity contribution in [3.05, 3.63) is 11.1 Å². The summed E-state index contributed by atoms with van der Waals surface area (Å²) < 4.78 is 38.1. The second-order valence-corrected chi connectivity index (χ2v) is 4.28. The summed E-state index contributed by atoms with van der Waals surface area (Å²) in [5, 5.41) is 0. The lowest BCUT2D eigenvalue weighted by molar-refractivity contribution is -0.175. The van der Waals surface area contributed by atoms with E-state index in [1.54, 1.807) is 0 Å². The Hall–Kier alpha value is -0.800. The monoisotopic (exact) mass is 218 g/mol. The van der Waals surface area contributed by atoms with E-state index in [1.807, 2.05) is 0 Å². The van der Waals surface area contributed by atoms with Gasteiger partial charge in [-0.15, -0.1) is 0 Å². The molecule has 0 aliphatic heterocycles.